The Kier molecular flexibility index (Phi) is 6.77. The number of likely N-dealkylation sites (tertiary alicyclic amines) is 1. The molecular formula is C17H24F2N2O2. The summed E-state index contributed by atoms with van der Waals surface area (Å²) < 4.78 is 28.5. The maximum atomic E-state index is 12.2. The number of rotatable bonds is 7. The summed E-state index contributed by atoms with van der Waals surface area (Å²) in [6.07, 6.45) is 3.16. The van der Waals surface area contributed by atoms with Crippen LogP contribution in [0.2, 0.25) is 0 Å². The van der Waals surface area contributed by atoms with Gasteiger partial charge in [-0.25, -0.2) is 0 Å². The van der Waals surface area contributed by atoms with Crippen LogP contribution < -0.4 is 10.1 Å². The lowest BCUT2D eigenvalue weighted by Crippen LogP contribution is -2.40. The highest BCUT2D eigenvalue weighted by Gasteiger charge is 2.21. The Morgan fingerprint density at radius 1 is 1.30 bits per heavy atom. The van der Waals surface area contributed by atoms with Crippen molar-refractivity contribution in [3.8, 4) is 5.75 Å². The number of amides is 1. The summed E-state index contributed by atoms with van der Waals surface area (Å²) in [7, 11) is 1.95. The first-order chi connectivity index (χ1) is 11.1. The molecule has 0 bridgehead atoms. The van der Waals surface area contributed by atoms with Crippen LogP contribution in [0.15, 0.2) is 24.3 Å². The van der Waals surface area contributed by atoms with E-state index in [1.807, 2.05) is 11.9 Å². The van der Waals surface area contributed by atoms with E-state index >= 15 is 0 Å². The molecule has 0 spiro atoms. The molecule has 1 heterocycles. The summed E-state index contributed by atoms with van der Waals surface area (Å²) in [6, 6.07) is 6.47. The molecule has 0 saturated carbocycles. The lowest BCUT2D eigenvalue weighted by atomic mass is 9.96. The number of alkyl halides is 2. The number of carbonyl (C=O) groups is 1. The quantitative estimate of drug-likeness (QED) is 0.838. The monoisotopic (exact) mass is 326 g/mol. The van der Waals surface area contributed by atoms with Crippen molar-refractivity contribution < 1.29 is 18.3 Å². The summed E-state index contributed by atoms with van der Waals surface area (Å²) in [5.74, 6) is 0.967. The second kappa shape index (κ2) is 8.82. The molecule has 1 N–H and O–H groups in total. The molecule has 4 nitrogen and oxygen atoms in total. The van der Waals surface area contributed by atoms with E-state index in [2.05, 4.69) is 10.1 Å². The molecule has 0 atom stereocenters. The van der Waals surface area contributed by atoms with Gasteiger partial charge in [0.15, 0.2) is 0 Å². The van der Waals surface area contributed by atoms with E-state index < -0.39 is 6.61 Å². The molecule has 2 rings (SSSR count). The van der Waals surface area contributed by atoms with Crippen LogP contribution in [0.4, 0.5) is 8.78 Å². The second-order valence-electron chi connectivity index (χ2n) is 5.90. The fourth-order valence-corrected chi connectivity index (χ4v) is 2.92. The summed E-state index contributed by atoms with van der Waals surface area (Å²) in [5.41, 5.74) is 0.949. The van der Waals surface area contributed by atoms with Crippen LogP contribution >= 0.6 is 0 Å². The zero-order valence-electron chi connectivity index (χ0n) is 13.4. The van der Waals surface area contributed by atoms with Gasteiger partial charge in [0, 0.05) is 19.5 Å². The summed E-state index contributed by atoms with van der Waals surface area (Å²) in [5, 5.41) is 3.18. The fraction of sp³-hybridized carbons (Fsp3) is 0.588. The smallest absolute Gasteiger partial charge is 0.387 e. The average Bonchev–Trinajstić information content (AvgIpc) is 2.54. The molecule has 1 fully saturated rings. The fourth-order valence-electron chi connectivity index (χ4n) is 2.92. The van der Waals surface area contributed by atoms with Gasteiger partial charge in [-0.3, -0.25) is 4.79 Å². The van der Waals surface area contributed by atoms with Crippen molar-refractivity contribution in [1.82, 2.24) is 10.2 Å². The first kappa shape index (κ1) is 17.7. The average molecular weight is 326 g/mol. The standard InChI is InChI=1S/C17H24F2N2O2/c1-20-12-14-8-10-21(11-9-14)16(22)7-4-13-2-5-15(6-3-13)23-17(18)19/h2-3,5-6,14,17,20H,4,7-12H2,1H3. The van der Waals surface area contributed by atoms with Gasteiger partial charge in [-0.15, -0.1) is 0 Å². The Morgan fingerprint density at radius 3 is 2.52 bits per heavy atom. The summed E-state index contributed by atoms with van der Waals surface area (Å²) >= 11 is 0. The Bertz CT molecular complexity index is 486. The number of ether oxygens (including phenoxy) is 1. The number of nitrogens with one attached hydrogen (secondary N) is 1. The van der Waals surface area contributed by atoms with E-state index in [9.17, 15) is 13.6 Å². The third-order valence-electron chi connectivity index (χ3n) is 4.24. The van der Waals surface area contributed by atoms with Gasteiger partial charge in [-0.1, -0.05) is 12.1 Å². The van der Waals surface area contributed by atoms with E-state index in [0.717, 1.165) is 38.0 Å². The van der Waals surface area contributed by atoms with Crippen LogP contribution in [0, 0.1) is 5.92 Å². The maximum Gasteiger partial charge on any atom is 0.387 e. The highest BCUT2D eigenvalue weighted by molar-refractivity contribution is 5.76. The van der Waals surface area contributed by atoms with E-state index in [-0.39, 0.29) is 11.7 Å². The Labute approximate surface area is 135 Å². The zero-order chi connectivity index (χ0) is 16.7. The second-order valence-corrected chi connectivity index (χ2v) is 5.90. The lowest BCUT2D eigenvalue weighted by molar-refractivity contribution is -0.132. The van der Waals surface area contributed by atoms with Crippen molar-refractivity contribution >= 4 is 5.91 Å². The first-order valence-electron chi connectivity index (χ1n) is 8.04. The van der Waals surface area contributed by atoms with E-state index in [4.69, 9.17) is 0 Å². The number of carbonyl (C=O) groups excluding carboxylic acids is 1. The minimum Gasteiger partial charge on any atom is -0.435 e. The van der Waals surface area contributed by atoms with Crippen LogP contribution in [0.25, 0.3) is 0 Å². The third kappa shape index (κ3) is 5.78. The number of halogens is 2. The number of piperidine rings is 1. The van der Waals surface area contributed by atoms with Crippen molar-refractivity contribution in [2.24, 2.45) is 5.92 Å². The van der Waals surface area contributed by atoms with Crippen LogP contribution in [0.5, 0.6) is 5.75 Å². The molecule has 0 aliphatic carbocycles. The van der Waals surface area contributed by atoms with Crippen LogP contribution in [0.1, 0.15) is 24.8 Å². The highest BCUT2D eigenvalue weighted by Crippen LogP contribution is 2.19. The van der Waals surface area contributed by atoms with Crippen LogP contribution in [0.3, 0.4) is 0 Å². The molecule has 128 valence electrons. The number of nitrogens with zero attached hydrogens (tertiary/aromatic N) is 1. The van der Waals surface area contributed by atoms with Gasteiger partial charge in [0.05, 0.1) is 0 Å². The molecule has 1 aromatic carbocycles. The topological polar surface area (TPSA) is 41.6 Å². The van der Waals surface area contributed by atoms with Gasteiger partial charge in [0.25, 0.3) is 0 Å². The van der Waals surface area contributed by atoms with Crippen LogP contribution in [-0.4, -0.2) is 44.1 Å². The summed E-state index contributed by atoms with van der Waals surface area (Å²) in [4.78, 5) is 14.2. The summed E-state index contributed by atoms with van der Waals surface area (Å²) in [6.45, 7) is -0.151. The third-order valence-corrected chi connectivity index (χ3v) is 4.24. The van der Waals surface area contributed by atoms with Gasteiger partial charge in [-0.05, 0) is 56.5 Å². The van der Waals surface area contributed by atoms with Crippen LogP contribution in [-0.2, 0) is 11.2 Å². The highest BCUT2D eigenvalue weighted by atomic mass is 19.3. The Morgan fingerprint density at radius 2 is 1.96 bits per heavy atom. The first-order valence-corrected chi connectivity index (χ1v) is 8.04. The Balaban J connectivity index is 1.74. The number of hydrogen-bond donors (Lipinski definition) is 1. The molecule has 0 unspecified atom stereocenters. The van der Waals surface area contributed by atoms with E-state index in [0.29, 0.717) is 18.8 Å². The van der Waals surface area contributed by atoms with Crippen molar-refractivity contribution in [1.29, 1.82) is 0 Å². The molecular weight excluding hydrogens is 302 g/mol. The van der Waals surface area contributed by atoms with Gasteiger partial charge >= 0.3 is 6.61 Å². The lowest BCUT2D eigenvalue weighted by Gasteiger charge is -2.32. The van der Waals surface area contributed by atoms with Crippen molar-refractivity contribution in [2.45, 2.75) is 32.3 Å². The molecule has 1 aliphatic heterocycles. The molecule has 0 radical (unpaired) electrons. The molecule has 0 aromatic heterocycles. The van der Waals surface area contributed by atoms with Crippen molar-refractivity contribution in [2.75, 3.05) is 26.7 Å². The molecule has 23 heavy (non-hydrogen) atoms. The minimum atomic E-state index is -2.81. The molecule has 1 saturated heterocycles. The maximum absolute atomic E-state index is 12.2. The molecule has 6 heteroatoms. The number of hydrogen-bond acceptors (Lipinski definition) is 3. The molecule has 1 aliphatic rings. The van der Waals surface area contributed by atoms with Gasteiger partial charge in [-0.2, -0.15) is 8.78 Å². The molecule has 1 aromatic rings. The molecule has 1 amide bonds. The normalized spacial score (nSPS) is 15.9. The van der Waals surface area contributed by atoms with E-state index in [1.165, 1.54) is 12.1 Å². The Hall–Kier alpha value is -1.69. The van der Waals surface area contributed by atoms with Gasteiger partial charge < -0.3 is 15.0 Å². The van der Waals surface area contributed by atoms with Crippen molar-refractivity contribution in [3.63, 3.8) is 0 Å². The number of benzene rings is 1. The van der Waals surface area contributed by atoms with Gasteiger partial charge in [0.2, 0.25) is 5.91 Å². The van der Waals surface area contributed by atoms with Gasteiger partial charge in [0.1, 0.15) is 5.75 Å². The SMILES string of the molecule is CNCC1CCN(C(=O)CCc2ccc(OC(F)F)cc2)CC1. The predicted molar refractivity (Wildman–Crippen MR) is 84.6 cm³/mol. The number of aryl methyl sites for hydroxylation is 1. The zero-order valence-corrected chi connectivity index (χ0v) is 13.4. The van der Waals surface area contributed by atoms with Crippen molar-refractivity contribution in [3.05, 3.63) is 29.8 Å². The predicted octanol–water partition coefficient (Wildman–Crippen LogP) is 2.68. The minimum absolute atomic E-state index is 0.140. The largest absolute Gasteiger partial charge is 0.435 e. The van der Waals surface area contributed by atoms with E-state index in [1.54, 1.807) is 12.1 Å².